The van der Waals surface area contributed by atoms with Gasteiger partial charge < -0.3 is 4.74 Å². The van der Waals surface area contributed by atoms with Gasteiger partial charge in [-0.3, -0.25) is 4.72 Å². The Morgan fingerprint density at radius 1 is 1.26 bits per heavy atom. The third kappa shape index (κ3) is 3.00. The van der Waals surface area contributed by atoms with Crippen LogP contribution >= 0.6 is 0 Å². The molecule has 0 atom stereocenters. The molecule has 100 valence electrons. The number of hydrogen-bond acceptors (Lipinski definition) is 4. The van der Waals surface area contributed by atoms with Crippen LogP contribution in [0, 0.1) is 5.82 Å². The molecule has 0 aliphatic carbocycles. The van der Waals surface area contributed by atoms with Gasteiger partial charge in [-0.1, -0.05) is 6.07 Å². The molecule has 2 rings (SSSR count). The summed E-state index contributed by atoms with van der Waals surface area (Å²) in [5.74, 6) is -0.417. The van der Waals surface area contributed by atoms with E-state index >= 15 is 0 Å². The second-order valence-electron chi connectivity index (χ2n) is 3.63. The molecule has 0 aliphatic rings. The third-order valence-electron chi connectivity index (χ3n) is 2.30. The first-order chi connectivity index (χ1) is 9.03. The normalized spacial score (nSPS) is 11.1. The Morgan fingerprint density at radius 2 is 2.05 bits per heavy atom. The second kappa shape index (κ2) is 5.23. The Labute approximate surface area is 110 Å². The van der Waals surface area contributed by atoms with E-state index in [1.807, 2.05) is 0 Å². The highest BCUT2D eigenvalue weighted by Gasteiger charge is 2.20. The summed E-state index contributed by atoms with van der Waals surface area (Å²) in [6, 6.07) is 8.65. The monoisotopic (exact) mass is 282 g/mol. The third-order valence-corrected chi connectivity index (χ3v) is 3.62. The maximum absolute atomic E-state index is 13.4. The summed E-state index contributed by atoms with van der Waals surface area (Å²) >= 11 is 0. The van der Waals surface area contributed by atoms with Crippen molar-refractivity contribution in [3.63, 3.8) is 0 Å². The van der Waals surface area contributed by atoms with Crippen LogP contribution in [-0.2, 0) is 10.0 Å². The van der Waals surface area contributed by atoms with Crippen molar-refractivity contribution in [2.24, 2.45) is 0 Å². The van der Waals surface area contributed by atoms with E-state index in [0.29, 0.717) is 5.75 Å². The molecule has 1 heterocycles. The summed E-state index contributed by atoms with van der Waals surface area (Å²) in [6.45, 7) is 0. The van der Waals surface area contributed by atoms with Gasteiger partial charge in [-0.05, 0) is 24.3 Å². The van der Waals surface area contributed by atoms with Crippen LogP contribution in [0.5, 0.6) is 5.75 Å². The zero-order chi connectivity index (χ0) is 13.9. The van der Waals surface area contributed by atoms with Crippen molar-refractivity contribution in [1.29, 1.82) is 0 Å². The molecule has 0 amide bonds. The first-order valence-electron chi connectivity index (χ1n) is 5.30. The summed E-state index contributed by atoms with van der Waals surface area (Å²) in [6.07, 6.45) is 1.21. The number of methoxy groups -OCH3 is 1. The Balaban J connectivity index is 2.34. The molecule has 0 saturated heterocycles. The number of pyridine rings is 1. The van der Waals surface area contributed by atoms with Crippen LogP contribution in [0.2, 0.25) is 0 Å². The average molecular weight is 282 g/mol. The highest BCUT2D eigenvalue weighted by Crippen LogP contribution is 2.20. The summed E-state index contributed by atoms with van der Waals surface area (Å²) in [5.41, 5.74) is 0.268. The number of benzene rings is 1. The van der Waals surface area contributed by atoms with E-state index in [1.165, 1.54) is 31.5 Å². The van der Waals surface area contributed by atoms with Gasteiger partial charge in [0, 0.05) is 12.3 Å². The van der Waals surface area contributed by atoms with Crippen LogP contribution in [0.15, 0.2) is 47.6 Å². The molecule has 1 aromatic heterocycles. The Hall–Kier alpha value is -2.15. The Bertz CT molecular complexity index is 689. The topological polar surface area (TPSA) is 68.3 Å². The molecule has 2 aromatic rings. The molecular weight excluding hydrogens is 271 g/mol. The Kier molecular flexibility index (Phi) is 3.66. The quantitative estimate of drug-likeness (QED) is 0.931. The lowest BCUT2D eigenvalue weighted by Gasteiger charge is -2.08. The van der Waals surface area contributed by atoms with Crippen molar-refractivity contribution >= 4 is 15.7 Å². The molecule has 0 bridgehead atoms. The fourth-order valence-corrected chi connectivity index (χ4v) is 2.52. The molecule has 0 fully saturated rings. The van der Waals surface area contributed by atoms with Crippen LogP contribution in [0.3, 0.4) is 0 Å². The van der Waals surface area contributed by atoms with Crippen molar-refractivity contribution in [2.75, 3.05) is 11.8 Å². The first-order valence-corrected chi connectivity index (χ1v) is 6.78. The van der Waals surface area contributed by atoms with Crippen LogP contribution in [0.1, 0.15) is 0 Å². The zero-order valence-electron chi connectivity index (χ0n) is 10.00. The van der Waals surface area contributed by atoms with Crippen molar-refractivity contribution in [3.8, 4) is 5.75 Å². The number of nitrogens with one attached hydrogen (secondary N) is 1. The van der Waals surface area contributed by atoms with Crippen molar-refractivity contribution < 1.29 is 17.5 Å². The van der Waals surface area contributed by atoms with Gasteiger partial charge in [0.2, 0.25) is 5.03 Å². The minimum Gasteiger partial charge on any atom is -0.497 e. The van der Waals surface area contributed by atoms with Gasteiger partial charge in [-0.15, -0.1) is 0 Å². The lowest BCUT2D eigenvalue weighted by atomic mass is 10.3. The molecule has 19 heavy (non-hydrogen) atoms. The highest BCUT2D eigenvalue weighted by molar-refractivity contribution is 7.92. The van der Waals surface area contributed by atoms with Crippen LogP contribution in [0.4, 0.5) is 10.1 Å². The maximum atomic E-state index is 13.4. The number of rotatable bonds is 4. The Morgan fingerprint density at radius 3 is 2.74 bits per heavy atom. The van der Waals surface area contributed by atoms with E-state index in [0.717, 1.165) is 6.07 Å². The minimum atomic E-state index is -4.06. The molecular formula is C12H11FN2O3S. The van der Waals surface area contributed by atoms with Crippen LogP contribution in [0.25, 0.3) is 0 Å². The minimum absolute atomic E-state index is 0.268. The molecule has 0 radical (unpaired) electrons. The molecule has 1 aromatic carbocycles. The number of nitrogens with zero attached hydrogens (tertiary/aromatic N) is 1. The molecule has 5 nitrogen and oxygen atoms in total. The SMILES string of the molecule is COc1cccc(NS(=O)(=O)c2ncccc2F)c1. The summed E-state index contributed by atoms with van der Waals surface area (Å²) in [5, 5.41) is -0.641. The molecule has 0 aliphatic heterocycles. The fourth-order valence-electron chi connectivity index (χ4n) is 1.46. The second-order valence-corrected chi connectivity index (χ2v) is 5.23. The lowest BCUT2D eigenvalue weighted by Crippen LogP contribution is -2.16. The zero-order valence-corrected chi connectivity index (χ0v) is 10.8. The smallest absolute Gasteiger partial charge is 0.282 e. The number of ether oxygens (including phenoxy) is 1. The molecule has 1 N–H and O–H groups in total. The molecule has 0 unspecified atom stereocenters. The first kappa shape index (κ1) is 13.3. The maximum Gasteiger partial charge on any atom is 0.282 e. The molecule has 7 heteroatoms. The van der Waals surface area contributed by atoms with Gasteiger partial charge in [0.05, 0.1) is 12.8 Å². The van der Waals surface area contributed by atoms with Crippen LogP contribution in [-0.4, -0.2) is 20.5 Å². The predicted molar refractivity (Wildman–Crippen MR) is 68.0 cm³/mol. The number of hydrogen-bond donors (Lipinski definition) is 1. The average Bonchev–Trinajstić information content (AvgIpc) is 2.38. The van der Waals surface area contributed by atoms with Gasteiger partial charge >= 0.3 is 0 Å². The van der Waals surface area contributed by atoms with E-state index < -0.39 is 20.9 Å². The lowest BCUT2D eigenvalue weighted by molar-refractivity contribution is 0.415. The fraction of sp³-hybridized carbons (Fsp3) is 0.0833. The summed E-state index contributed by atoms with van der Waals surface area (Å²) in [7, 11) is -2.60. The van der Waals surface area contributed by atoms with Crippen molar-refractivity contribution in [2.45, 2.75) is 5.03 Å². The van der Waals surface area contributed by atoms with Crippen LogP contribution < -0.4 is 9.46 Å². The predicted octanol–water partition coefficient (Wildman–Crippen LogP) is 2.03. The van der Waals surface area contributed by atoms with Gasteiger partial charge in [0.25, 0.3) is 10.0 Å². The number of halogens is 1. The van der Waals surface area contributed by atoms with Gasteiger partial charge in [-0.2, -0.15) is 8.42 Å². The number of aromatic nitrogens is 1. The standard InChI is InChI=1S/C12H11FN2O3S/c1-18-10-5-2-4-9(8-10)15-19(16,17)12-11(13)6-3-7-14-12/h2-8,15H,1H3. The molecule has 0 spiro atoms. The van der Waals surface area contributed by atoms with Crippen molar-refractivity contribution in [3.05, 3.63) is 48.4 Å². The number of sulfonamides is 1. The largest absolute Gasteiger partial charge is 0.497 e. The number of anilines is 1. The van der Waals surface area contributed by atoms with E-state index in [9.17, 15) is 12.8 Å². The summed E-state index contributed by atoms with van der Waals surface area (Å²) in [4.78, 5) is 3.53. The van der Waals surface area contributed by atoms with Gasteiger partial charge in [0.1, 0.15) is 5.75 Å². The van der Waals surface area contributed by atoms with E-state index in [2.05, 4.69) is 9.71 Å². The van der Waals surface area contributed by atoms with Gasteiger partial charge in [0.15, 0.2) is 5.82 Å². The van der Waals surface area contributed by atoms with E-state index in [-0.39, 0.29) is 5.69 Å². The van der Waals surface area contributed by atoms with E-state index in [4.69, 9.17) is 4.74 Å². The van der Waals surface area contributed by atoms with Gasteiger partial charge in [-0.25, -0.2) is 9.37 Å². The summed E-state index contributed by atoms with van der Waals surface area (Å²) < 4.78 is 44.6. The van der Waals surface area contributed by atoms with E-state index in [1.54, 1.807) is 12.1 Å². The van der Waals surface area contributed by atoms with Crippen molar-refractivity contribution in [1.82, 2.24) is 4.98 Å². The molecule has 0 saturated carbocycles. The highest BCUT2D eigenvalue weighted by atomic mass is 32.2.